The highest BCUT2D eigenvalue weighted by molar-refractivity contribution is 6.01. The zero-order valence-corrected chi connectivity index (χ0v) is 27.6. The first-order valence-electron chi connectivity index (χ1n) is 14.4. The van der Waals surface area contributed by atoms with E-state index in [1.54, 1.807) is 62.3 Å². The van der Waals surface area contributed by atoms with Crippen LogP contribution in [0, 0.1) is 0 Å². The van der Waals surface area contributed by atoms with Crippen molar-refractivity contribution in [1.82, 2.24) is 32.1 Å². The van der Waals surface area contributed by atoms with Crippen LogP contribution in [-0.4, -0.2) is 84.3 Å². The Labute approximate surface area is 259 Å². The van der Waals surface area contributed by atoms with Gasteiger partial charge < -0.3 is 24.8 Å². The predicted molar refractivity (Wildman–Crippen MR) is 163 cm³/mol. The van der Waals surface area contributed by atoms with Gasteiger partial charge in [0, 0.05) is 13.0 Å². The number of amides is 5. The summed E-state index contributed by atoms with van der Waals surface area (Å²) in [5.41, 5.74) is 2.56. The molecule has 0 aromatic rings. The summed E-state index contributed by atoms with van der Waals surface area (Å²) in [6.07, 6.45) is -1.27. The number of carbonyl (C=O) groups excluding carboxylic acids is 6. The number of ketones is 1. The number of carbonyl (C=O) groups is 6. The Bertz CT molecular complexity index is 994. The second-order valence-corrected chi connectivity index (χ2v) is 12.7. The lowest BCUT2D eigenvalue weighted by molar-refractivity contribution is -0.129. The van der Waals surface area contributed by atoms with Crippen molar-refractivity contribution in [2.45, 2.75) is 118 Å². The lowest BCUT2D eigenvalue weighted by Crippen LogP contribution is -2.53. The molecule has 252 valence electrons. The van der Waals surface area contributed by atoms with E-state index in [9.17, 15) is 28.8 Å². The molecular formula is C28H51N7O9. The summed E-state index contributed by atoms with van der Waals surface area (Å²) in [4.78, 5) is 77.8. The van der Waals surface area contributed by atoms with Crippen LogP contribution in [0.15, 0.2) is 4.99 Å². The van der Waals surface area contributed by atoms with Crippen LogP contribution in [0.2, 0.25) is 0 Å². The molecule has 0 bridgehead atoms. The number of rotatable bonds is 13. The van der Waals surface area contributed by atoms with Crippen molar-refractivity contribution in [3.05, 3.63) is 0 Å². The number of nitrogens with zero attached hydrogens (tertiary/aromatic N) is 1. The Morgan fingerprint density at radius 1 is 0.727 bits per heavy atom. The number of ether oxygens (including phenoxy) is 3. The summed E-state index contributed by atoms with van der Waals surface area (Å²) in [7, 11) is 0. The van der Waals surface area contributed by atoms with Crippen LogP contribution in [0.25, 0.3) is 0 Å². The monoisotopic (exact) mass is 629 g/mol. The molecule has 0 saturated carbocycles. The third-order valence-electron chi connectivity index (χ3n) is 4.63. The van der Waals surface area contributed by atoms with Gasteiger partial charge in [-0.15, -0.1) is 0 Å². The molecule has 16 nitrogen and oxygen atoms in total. The number of aliphatic imine (C=N–C) groups is 1. The van der Waals surface area contributed by atoms with Gasteiger partial charge in [-0.3, -0.25) is 35.4 Å². The highest BCUT2D eigenvalue weighted by Gasteiger charge is 2.24. The molecule has 0 aromatic heterocycles. The largest absolute Gasteiger partial charge is 0.444 e. The normalized spacial score (nSPS) is 12.1. The molecule has 1 atom stereocenters. The maximum absolute atomic E-state index is 12.8. The van der Waals surface area contributed by atoms with Gasteiger partial charge in [-0.1, -0.05) is 6.92 Å². The molecule has 0 saturated heterocycles. The topological polar surface area (TPSA) is 215 Å². The molecule has 16 heteroatoms. The number of Topliss-reactive ketones (excluding diaryl/α,β-unsaturated/α-hetero) is 1. The molecular weight excluding hydrogens is 578 g/mol. The van der Waals surface area contributed by atoms with E-state index in [4.69, 9.17) is 14.2 Å². The van der Waals surface area contributed by atoms with Gasteiger partial charge in [-0.05, 0) is 81.6 Å². The zero-order chi connectivity index (χ0) is 34.1. The molecule has 0 radical (unpaired) electrons. The minimum atomic E-state index is -1.09. The molecule has 5 amide bonds. The maximum atomic E-state index is 12.8. The van der Waals surface area contributed by atoms with Gasteiger partial charge in [0.2, 0.25) is 11.9 Å². The highest BCUT2D eigenvalue weighted by atomic mass is 16.6. The molecule has 0 fully saturated rings. The summed E-state index contributed by atoms with van der Waals surface area (Å²) < 4.78 is 15.5. The van der Waals surface area contributed by atoms with Crippen molar-refractivity contribution in [3.63, 3.8) is 0 Å². The van der Waals surface area contributed by atoms with E-state index in [1.165, 1.54) is 0 Å². The molecule has 0 spiro atoms. The number of hydrazine groups is 1. The number of guanidine groups is 1. The predicted octanol–water partition coefficient (Wildman–Crippen LogP) is 2.17. The Kier molecular flexibility index (Phi) is 17.0. The van der Waals surface area contributed by atoms with Crippen LogP contribution >= 0.6 is 0 Å². The molecule has 6 N–H and O–H groups in total. The van der Waals surface area contributed by atoms with Gasteiger partial charge >= 0.3 is 18.3 Å². The molecule has 0 heterocycles. The number of hydrogen-bond acceptors (Lipinski definition) is 11. The second-order valence-electron chi connectivity index (χ2n) is 12.7. The summed E-state index contributed by atoms with van der Waals surface area (Å²) >= 11 is 0. The molecule has 0 aliphatic carbocycles. The van der Waals surface area contributed by atoms with Crippen LogP contribution in [-0.2, 0) is 28.6 Å². The Hall–Kier alpha value is -3.95. The Morgan fingerprint density at radius 2 is 1.23 bits per heavy atom. The van der Waals surface area contributed by atoms with E-state index in [2.05, 4.69) is 37.1 Å². The molecule has 0 aromatic carbocycles. The van der Waals surface area contributed by atoms with Crippen molar-refractivity contribution in [2.24, 2.45) is 4.99 Å². The van der Waals surface area contributed by atoms with Gasteiger partial charge in [-0.2, -0.15) is 0 Å². The van der Waals surface area contributed by atoms with E-state index < -0.39 is 59.5 Å². The first-order valence-corrected chi connectivity index (χ1v) is 14.4. The lowest BCUT2D eigenvalue weighted by Gasteiger charge is -2.22. The quantitative estimate of drug-likeness (QED) is 0.0574. The average molecular weight is 630 g/mol. The van der Waals surface area contributed by atoms with Crippen LogP contribution in [0.3, 0.4) is 0 Å². The first kappa shape index (κ1) is 40.1. The van der Waals surface area contributed by atoms with Gasteiger partial charge in [-0.25, -0.2) is 19.8 Å². The summed E-state index contributed by atoms with van der Waals surface area (Å²) in [6, 6.07) is -1.09. The SMILES string of the molecule is CCCC(=O)CNNC(=O)C(CCCN=C(NC(=O)OC(C)(C)C)NC(=O)OC(C)(C)C)NC(=O)CNC(=O)OC(C)(C)C. The maximum Gasteiger partial charge on any atom is 0.414 e. The van der Waals surface area contributed by atoms with Gasteiger partial charge in [0.05, 0.1) is 6.54 Å². The fraction of sp³-hybridized carbons (Fsp3) is 0.750. The smallest absolute Gasteiger partial charge is 0.414 e. The molecule has 44 heavy (non-hydrogen) atoms. The first-order chi connectivity index (χ1) is 20.1. The van der Waals surface area contributed by atoms with E-state index in [0.717, 1.165) is 0 Å². The van der Waals surface area contributed by atoms with Crippen molar-refractivity contribution in [3.8, 4) is 0 Å². The van der Waals surface area contributed by atoms with Gasteiger partial charge in [0.1, 0.15) is 35.2 Å². The van der Waals surface area contributed by atoms with Crippen LogP contribution in [0.1, 0.15) is 94.9 Å². The van der Waals surface area contributed by atoms with Crippen molar-refractivity contribution in [2.75, 3.05) is 19.6 Å². The molecule has 0 rings (SSSR count). The molecule has 1 unspecified atom stereocenters. The van der Waals surface area contributed by atoms with Crippen molar-refractivity contribution in [1.29, 1.82) is 0 Å². The van der Waals surface area contributed by atoms with Crippen LogP contribution < -0.4 is 32.1 Å². The Balaban J connectivity index is 5.49. The fourth-order valence-electron chi connectivity index (χ4n) is 3.06. The molecule has 0 aliphatic rings. The van der Waals surface area contributed by atoms with Gasteiger partial charge in [0.15, 0.2) is 0 Å². The number of nitrogens with one attached hydrogen (secondary N) is 6. The zero-order valence-electron chi connectivity index (χ0n) is 27.6. The minimum Gasteiger partial charge on any atom is -0.444 e. The van der Waals surface area contributed by atoms with E-state index in [0.29, 0.717) is 12.8 Å². The standard InChI is InChI=1S/C28H51N7O9/c1-11-13-18(36)16-31-35-21(38)19(32-20(37)17-30-23(39)42-26(2,3)4)14-12-15-29-22(33-24(40)43-27(5,6)7)34-25(41)44-28(8,9)10/h19,31H,11-17H2,1-10H3,(H,30,39)(H,32,37)(H,35,38)(H2,29,33,34,40,41). The summed E-state index contributed by atoms with van der Waals surface area (Å²) in [6.45, 7) is 16.3. The Morgan fingerprint density at radius 3 is 1.70 bits per heavy atom. The van der Waals surface area contributed by atoms with Crippen molar-refractivity contribution < 1.29 is 43.0 Å². The highest BCUT2D eigenvalue weighted by Crippen LogP contribution is 2.08. The summed E-state index contributed by atoms with van der Waals surface area (Å²) in [5.74, 6) is -1.65. The minimum absolute atomic E-state index is 0.000841. The second kappa shape index (κ2) is 18.7. The van der Waals surface area contributed by atoms with E-state index >= 15 is 0 Å². The van der Waals surface area contributed by atoms with E-state index in [1.807, 2.05) is 6.92 Å². The number of hydrogen-bond donors (Lipinski definition) is 6. The summed E-state index contributed by atoms with van der Waals surface area (Å²) in [5, 5.41) is 9.56. The van der Waals surface area contributed by atoms with Gasteiger partial charge in [0.25, 0.3) is 5.91 Å². The lowest BCUT2D eigenvalue weighted by atomic mass is 10.1. The van der Waals surface area contributed by atoms with E-state index in [-0.39, 0.29) is 37.7 Å². The van der Waals surface area contributed by atoms with Crippen LogP contribution in [0.5, 0.6) is 0 Å². The average Bonchev–Trinajstić information content (AvgIpc) is 2.81. The third-order valence-corrected chi connectivity index (χ3v) is 4.63. The van der Waals surface area contributed by atoms with Crippen LogP contribution in [0.4, 0.5) is 14.4 Å². The molecule has 0 aliphatic heterocycles. The van der Waals surface area contributed by atoms with Crippen molar-refractivity contribution >= 4 is 41.8 Å². The third kappa shape index (κ3) is 22.6. The fourth-order valence-corrected chi connectivity index (χ4v) is 3.06. The number of alkyl carbamates (subject to hydrolysis) is 3.